The first-order valence-corrected chi connectivity index (χ1v) is 7.37. The lowest BCUT2D eigenvalue weighted by Gasteiger charge is -2.16. The van der Waals surface area contributed by atoms with Crippen LogP contribution in [-0.4, -0.2) is 25.0 Å². The van der Waals surface area contributed by atoms with E-state index in [4.69, 9.17) is 20.9 Å². The van der Waals surface area contributed by atoms with Crippen LogP contribution < -0.4 is 0 Å². The summed E-state index contributed by atoms with van der Waals surface area (Å²) in [5.41, 5.74) is 1.29. The number of aryl methyl sites for hydroxylation is 1. The Morgan fingerprint density at radius 3 is 2.53 bits per heavy atom. The van der Waals surface area contributed by atoms with E-state index >= 15 is 0 Å². The Balaban J connectivity index is 3.17. The van der Waals surface area contributed by atoms with Gasteiger partial charge >= 0.3 is 5.97 Å². The average Bonchev–Trinajstić information content (AvgIpc) is 2.21. The highest BCUT2D eigenvalue weighted by atomic mass is 35.5. The van der Waals surface area contributed by atoms with Crippen molar-refractivity contribution in [2.45, 2.75) is 38.2 Å². The lowest BCUT2D eigenvalue weighted by Crippen LogP contribution is -2.16. The van der Waals surface area contributed by atoms with Crippen molar-refractivity contribution in [2.75, 3.05) is 0 Å². The number of rotatable bonds is 4. The van der Waals surface area contributed by atoms with Crippen molar-refractivity contribution in [1.82, 2.24) is 0 Å². The molecule has 0 aliphatic carbocycles. The molecular weight excluding hydrogens is 292 g/mol. The molecule has 0 saturated carbocycles. The molecule has 1 rings (SSSR count). The van der Waals surface area contributed by atoms with Gasteiger partial charge in [-0.25, -0.2) is 0 Å². The van der Waals surface area contributed by atoms with E-state index in [2.05, 4.69) is 0 Å². The molecule has 0 amide bonds. The van der Waals surface area contributed by atoms with Crippen LogP contribution in [-0.2, 0) is 26.1 Å². The van der Waals surface area contributed by atoms with Gasteiger partial charge < -0.3 is 4.74 Å². The van der Waals surface area contributed by atoms with Gasteiger partial charge in [0.1, 0.15) is 11.0 Å². The van der Waals surface area contributed by atoms with Gasteiger partial charge in [0.15, 0.2) is 0 Å². The number of carbonyl (C=O) groups excluding carboxylic acids is 1. The molecule has 0 radical (unpaired) electrons. The highest BCUT2D eigenvalue weighted by molar-refractivity contribution is 7.86. The minimum absolute atomic E-state index is 0.0403. The molecule has 1 N–H and O–H groups in total. The van der Waals surface area contributed by atoms with Crippen molar-refractivity contribution in [3.63, 3.8) is 0 Å². The second kappa shape index (κ2) is 5.90. The van der Waals surface area contributed by atoms with Gasteiger partial charge in [-0.3, -0.25) is 9.35 Å². The highest BCUT2D eigenvalue weighted by Crippen LogP contribution is 2.29. The lowest BCUT2D eigenvalue weighted by molar-refractivity contribution is -0.145. The Labute approximate surface area is 117 Å². The molecule has 0 saturated heterocycles. The fraction of sp³-hybridized carbons (Fsp3) is 0.417. The van der Waals surface area contributed by atoms with E-state index in [-0.39, 0.29) is 16.3 Å². The normalized spacial score (nSPS) is 13.1. The number of carbonyl (C=O) groups is 1. The predicted molar refractivity (Wildman–Crippen MR) is 70.9 cm³/mol. The summed E-state index contributed by atoms with van der Waals surface area (Å²) < 4.78 is 36.4. The summed E-state index contributed by atoms with van der Waals surface area (Å²) in [6.07, 6.45) is -0.168. The third-order valence-electron chi connectivity index (χ3n) is 2.58. The smallest absolute Gasteiger partial charge is 0.302 e. The van der Waals surface area contributed by atoms with Crippen molar-refractivity contribution in [3.05, 3.63) is 28.3 Å². The maximum Gasteiger partial charge on any atom is 0.302 e. The molecule has 106 valence electrons. The number of esters is 1. The van der Waals surface area contributed by atoms with Crippen LogP contribution in [0.3, 0.4) is 0 Å². The van der Waals surface area contributed by atoms with Crippen molar-refractivity contribution >= 4 is 27.7 Å². The van der Waals surface area contributed by atoms with Crippen LogP contribution in [0, 0.1) is 6.92 Å². The Hall–Kier alpha value is -1.11. The van der Waals surface area contributed by atoms with Crippen LogP contribution in [0.1, 0.15) is 25.0 Å². The maximum atomic E-state index is 11.2. The molecule has 0 heterocycles. The SMILES string of the molecule is CC(=O)O[C@H](C)Cc1c(C)ccc(S(=O)(=O)O)c1Cl. The predicted octanol–water partition coefficient (Wildman–Crippen LogP) is 2.39. The number of benzene rings is 1. The molecule has 0 aromatic heterocycles. The standard InChI is InChI=1S/C12H15ClO5S/c1-7-4-5-11(19(15,16)17)12(13)10(7)6-8(2)18-9(3)14/h4-5,8H,6H2,1-3H3,(H,15,16,17)/t8-/m1/s1. The molecule has 0 bridgehead atoms. The summed E-state index contributed by atoms with van der Waals surface area (Å²) in [6, 6.07) is 2.79. The van der Waals surface area contributed by atoms with Gasteiger partial charge in [0.05, 0.1) is 5.02 Å². The van der Waals surface area contributed by atoms with E-state index in [9.17, 15) is 13.2 Å². The van der Waals surface area contributed by atoms with Gasteiger partial charge in [-0.15, -0.1) is 0 Å². The van der Waals surface area contributed by atoms with E-state index < -0.39 is 22.2 Å². The average molecular weight is 307 g/mol. The van der Waals surface area contributed by atoms with E-state index in [0.717, 1.165) is 5.56 Å². The largest absolute Gasteiger partial charge is 0.463 e. The second-order valence-corrected chi connectivity index (χ2v) is 6.04. The van der Waals surface area contributed by atoms with Gasteiger partial charge in [0, 0.05) is 13.3 Å². The maximum absolute atomic E-state index is 11.2. The molecule has 0 aliphatic heterocycles. The van der Waals surface area contributed by atoms with Gasteiger partial charge in [-0.05, 0) is 31.0 Å². The summed E-state index contributed by atoms with van der Waals surface area (Å²) in [5.74, 6) is -0.424. The van der Waals surface area contributed by atoms with Gasteiger partial charge in [-0.1, -0.05) is 17.7 Å². The Morgan fingerprint density at radius 2 is 2.05 bits per heavy atom. The summed E-state index contributed by atoms with van der Waals surface area (Å²) in [4.78, 5) is 10.5. The van der Waals surface area contributed by atoms with Crippen molar-refractivity contribution in [2.24, 2.45) is 0 Å². The zero-order valence-electron chi connectivity index (χ0n) is 10.8. The number of hydrogen-bond acceptors (Lipinski definition) is 4. The minimum Gasteiger partial charge on any atom is -0.463 e. The zero-order chi connectivity index (χ0) is 14.8. The van der Waals surface area contributed by atoms with E-state index in [1.807, 2.05) is 0 Å². The number of ether oxygens (including phenoxy) is 1. The van der Waals surface area contributed by atoms with E-state index in [1.54, 1.807) is 19.9 Å². The number of halogens is 1. The Bertz CT molecular complexity index is 594. The lowest BCUT2D eigenvalue weighted by atomic mass is 10.0. The first kappa shape index (κ1) is 15.9. The zero-order valence-corrected chi connectivity index (χ0v) is 12.4. The topological polar surface area (TPSA) is 80.7 Å². The molecule has 19 heavy (non-hydrogen) atoms. The summed E-state index contributed by atoms with van der Waals surface area (Å²) >= 11 is 6.00. The van der Waals surface area contributed by atoms with Gasteiger partial charge in [0.25, 0.3) is 10.1 Å². The van der Waals surface area contributed by atoms with Crippen LogP contribution in [0.4, 0.5) is 0 Å². The summed E-state index contributed by atoms with van der Waals surface area (Å²) in [7, 11) is -4.37. The fourth-order valence-corrected chi connectivity index (χ4v) is 2.93. The Morgan fingerprint density at radius 1 is 1.47 bits per heavy atom. The molecule has 5 nitrogen and oxygen atoms in total. The van der Waals surface area contributed by atoms with Crippen LogP contribution in [0.15, 0.2) is 17.0 Å². The molecule has 1 atom stereocenters. The summed E-state index contributed by atoms with van der Waals surface area (Å²) in [6.45, 7) is 4.73. The minimum atomic E-state index is -4.37. The van der Waals surface area contributed by atoms with Crippen molar-refractivity contribution < 1.29 is 22.5 Å². The first-order chi connectivity index (χ1) is 8.62. The quantitative estimate of drug-likeness (QED) is 0.682. The third-order valence-corrected chi connectivity index (χ3v) is 4.02. The molecule has 0 unspecified atom stereocenters. The fourth-order valence-electron chi connectivity index (χ4n) is 1.76. The third kappa shape index (κ3) is 4.19. The van der Waals surface area contributed by atoms with E-state index in [1.165, 1.54) is 13.0 Å². The number of hydrogen-bond donors (Lipinski definition) is 1. The molecule has 0 spiro atoms. The molecule has 7 heteroatoms. The van der Waals surface area contributed by atoms with Crippen molar-refractivity contribution in [1.29, 1.82) is 0 Å². The van der Waals surface area contributed by atoms with Gasteiger partial charge in [0.2, 0.25) is 0 Å². The first-order valence-electron chi connectivity index (χ1n) is 5.55. The molecule has 0 fully saturated rings. The van der Waals surface area contributed by atoms with Gasteiger partial charge in [-0.2, -0.15) is 8.42 Å². The second-order valence-electron chi connectivity index (χ2n) is 4.27. The molecule has 0 aliphatic rings. The van der Waals surface area contributed by atoms with Crippen LogP contribution >= 0.6 is 11.6 Å². The molecular formula is C12H15ClO5S. The molecule has 1 aromatic carbocycles. The van der Waals surface area contributed by atoms with Crippen molar-refractivity contribution in [3.8, 4) is 0 Å². The van der Waals surface area contributed by atoms with E-state index in [0.29, 0.717) is 5.56 Å². The van der Waals surface area contributed by atoms with Crippen LogP contribution in [0.25, 0.3) is 0 Å². The van der Waals surface area contributed by atoms with Crippen LogP contribution in [0.5, 0.6) is 0 Å². The highest BCUT2D eigenvalue weighted by Gasteiger charge is 2.20. The molecule has 1 aromatic rings. The Kier molecular flexibility index (Phi) is 4.95. The monoisotopic (exact) mass is 306 g/mol. The summed E-state index contributed by atoms with van der Waals surface area (Å²) in [5, 5.41) is -0.0403. The van der Waals surface area contributed by atoms with Crippen LogP contribution in [0.2, 0.25) is 5.02 Å².